The van der Waals surface area contributed by atoms with E-state index in [1.807, 2.05) is 25.1 Å². The fourth-order valence-electron chi connectivity index (χ4n) is 3.08. The molecule has 25 heteroatoms. The average Bonchev–Trinajstić information content (AvgIpc) is 3.04. The second-order valence-corrected chi connectivity index (χ2v) is 27.2. The zero-order valence-corrected chi connectivity index (χ0v) is 34.1. The molecule has 0 unspecified atom stereocenters. The van der Waals surface area contributed by atoms with Gasteiger partial charge in [0, 0.05) is 131 Å². The topological polar surface area (TPSA) is 73.4 Å². The van der Waals surface area contributed by atoms with Crippen molar-refractivity contribution in [3.8, 4) is 12.1 Å². The zero-order chi connectivity index (χ0) is 37.0. The molecule has 4 nitrogen and oxygen atoms in total. The standard InChI is InChI=1S/C12H7F3N2.C11H8N2.CH4.BF4.S13/c1-7-2-5-10-9(11(7)12(13,14)15)4-3-8(6-16)17-10;1-8-2-5-11-9(6-8)3-4-10(7-12)13-11;;2-1(3,4)5;1-3-5-7-9-11-13-12-10-8-6-4-2/h2-5H,1H3;2-6H,1H3;1H4;;/q;;;-1;/p+1/i;6T;;;/hT. The fourth-order valence-corrected chi connectivity index (χ4v) is 27.8. The van der Waals surface area contributed by atoms with Crippen molar-refractivity contribution >= 4 is 149 Å². The summed E-state index contributed by atoms with van der Waals surface area (Å²) >= 11 is 9.40. The van der Waals surface area contributed by atoms with Crippen molar-refractivity contribution in [2.45, 2.75) is 27.5 Å². The molecule has 0 fully saturated rings. The Kier molecular flexibility index (Phi) is 23.9. The van der Waals surface area contributed by atoms with Crippen LogP contribution >= 0.6 is 0 Å². The van der Waals surface area contributed by atoms with Gasteiger partial charge in [0.1, 0.15) is 23.5 Å². The molecule has 0 aliphatic rings. The van der Waals surface area contributed by atoms with Gasteiger partial charge in [-0.3, -0.25) is 0 Å². The quantitative estimate of drug-likeness (QED) is 0.132. The molecule has 0 amide bonds. The Hall–Kier alpha value is -1.33. The van der Waals surface area contributed by atoms with Gasteiger partial charge in [0.15, 0.2) is 0 Å². The molecule has 0 saturated carbocycles. The van der Waals surface area contributed by atoms with Crippen LogP contribution in [0.25, 0.3) is 21.8 Å². The van der Waals surface area contributed by atoms with E-state index < -0.39 is 19.0 Å². The van der Waals surface area contributed by atoms with Crippen molar-refractivity contribution in [2.24, 2.45) is 0 Å². The highest BCUT2D eigenvalue weighted by atomic mass is 33.5. The molecule has 2 aromatic carbocycles. The lowest BCUT2D eigenvalue weighted by Crippen LogP contribution is -2.08. The first-order valence-electron chi connectivity index (χ1n) is 12.2. The summed E-state index contributed by atoms with van der Waals surface area (Å²) in [5.74, 6) is 0. The number of nitriles is 2. The van der Waals surface area contributed by atoms with Gasteiger partial charge < -0.3 is 17.3 Å². The molecule has 0 bridgehead atoms. The number of aryl methyl sites for hydroxylation is 2. The first kappa shape index (κ1) is 45.7. The van der Waals surface area contributed by atoms with Gasteiger partial charge in [-0.25, -0.2) is 9.97 Å². The first-order chi connectivity index (χ1) is 23.1. The highest BCUT2D eigenvalue weighted by molar-refractivity contribution is 8.75. The van der Waals surface area contributed by atoms with E-state index in [0.29, 0.717) is 17.3 Å². The molecule has 49 heavy (non-hydrogen) atoms. The second-order valence-electron chi connectivity index (χ2n) is 7.76. The van der Waals surface area contributed by atoms with Crippen LogP contribution in [0, 0.1) is 36.5 Å². The van der Waals surface area contributed by atoms with Crippen molar-refractivity contribution < 1.29 is 33.2 Å². The van der Waals surface area contributed by atoms with Gasteiger partial charge in [-0.05, 0) is 61.9 Å². The number of alkyl halides is 3. The number of rotatable bonds is 0. The number of nitrogens with zero attached hydrogens (tertiary/aromatic N) is 4. The highest BCUT2D eigenvalue weighted by Crippen LogP contribution is 2.36. The summed E-state index contributed by atoms with van der Waals surface area (Å²) in [4.78, 5) is 7.96. The summed E-state index contributed by atoms with van der Waals surface area (Å²) in [6.07, 6.45) is -4.42. The lowest BCUT2D eigenvalue weighted by atomic mass is 10.0. The number of hydrogen-bond acceptors (Lipinski definition) is 6. The van der Waals surface area contributed by atoms with Crippen molar-refractivity contribution in [1.29, 1.82) is 10.5 Å². The summed E-state index contributed by atoms with van der Waals surface area (Å²) in [5.41, 5.74) is 1.77. The monoisotopic (exact) mass is 928 g/mol. The van der Waals surface area contributed by atoms with Crippen LogP contribution in [0.1, 0.15) is 38.3 Å². The molecular weight excluding hydrogens is 905 g/mol. The molecule has 4 rings (SSSR count). The van der Waals surface area contributed by atoms with E-state index in [2.05, 4.69) is 9.97 Å². The van der Waals surface area contributed by atoms with Gasteiger partial charge in [0.25, 0.3) is 0 Å². The van der Waals surface area contributed by atoms with E-state index in [-0.39, 0.29) is 31.0 Å². The fraction of sp³-hybridized carbons (Fsp3) is 0.167. The summed E-state index contributed by atoms with van der Waals surface area (Å²) in [6, 6.07) is 16.8. The van der Waals surface area contributed by atoms with Crippen LogP contribution < -0.4 is 0 Å². The number of benzene rings is 2. The largest absolute Gasteiger partial charge is 1.00 e. The Labute approximate surface area is 321 Å². The number of aromatic nitrogens is 2. The maximum atomic E-state index is 12.9. The molecule has 4 aromatic rings. The normalized spacial score (nSPS) is 9.98. The smallest absolute Gasteiger partial charge is 0.418 e. The predicted octanol–water partition coefficient (Wildman–Crippen LogP) is 7.87. The maximum Gasteiger partial charge on any atom is 1.00 e. The zero-order valence-electron chi connectivity index (χ0n) is 25.4. The number of fused-ring (bicyclic) bond motifs is 2. The number of hydrogen-bond donors (Lipinski definition) is 0. The molecule has 0 radical (unpaired) electrons. The van der Waals surface area contributed by atoms with Gasteiger partial charge in [-0.15, -0.1) is 0 Å². The van der Waals surface area contributed by atoms with Crippen molar-refractivity contribution in [3.05, 3.63) is 82.7 Å². The minimum Gasteiger partial charge on any atom is -0.418 e. The van der Waals surface area contributed by atoms with Gasteiger partial charge in [0.2, 0.25) is 0 Å². The van der Waals surface area contributed by atoms with Crippen LogP contribution in [0.4, 0.5) is 30.4 Å². The number of pyridine rings is 2. The Balaban J connectivity index is 0. The van der Waals surface area contributed by atoms with Crippen molar-refractivity contribution in [3.63, 3.8) is 0 Å². The minimum absolute atomic E-state index is 0. The maximum absolute atomic E-state index is 12.9. The first-order valence-corrected chi connectivity index (χ1v) is 27.7. The molecule has 0 spiro atoms. The van der Waals surface area contributed by atoms with Crippen LogP contribution in [-0.2, 0) is 126 Å². The molecule has 2 heterocycles. The Morgan fingerprint density at radius 3 is 1.59 bits per heavy atom. The lowest BCUT2D eigenvalue weighted by molar-refractivity contribution is -0.136. The third-order valence-electron chi connectivity index (χ3n) is 4.62. The molecule has 0 N–H and O–H groups in total. The Morgan fingerprint density at radius 1 is 0.714 bits per heavy atom. The molecule has 0 atom stereocenters. The molecule has 0 aliphatic carbocycles. The van der Waals surface area contributed by atoms with E-state index in [9.17, 15) is 30.4 Å². The highest BCUT2D eigenvalue weighted by Gasteiger charge is 2.34. The van der Waals surface area contributed by atoms with Crippen molar-refractivity contribution in [1.82, 2.24) is 9.97 Å². The van der Waals surface area contributed by atoms with E-state index in [0.717, 1.165) is 10.9 Å². The second kappa shape index (κ2) is 25.6. The van der Waals surface area contributed by atoms with Gasteiger partial charge >= 0.3 is 14.9 Å². The minimum atomic E-state index is -6.00. The summed E-state index contributed by atoms with van der Waals surface area (Å²) in [7, 11) is 12.1. The van der Waals surface area contributed by atoms with E-state index in [1.165, 1.54) is 49.0 Å². The predicted molar refractivity (Wildman–Crippen MR) is 221 cm³/mol. The summed E-state index contributed by atoms with van der Waals surface area (Å²) in [6.45, 7) is 3.29. The van der Waals surface area contributed by atoms with Crippen LogP contribution in [0.3, 0.4) is 0 Å². The average molecular weight is 929 g/mol. The Morgan fingerprint density at radius 2 is 1.14 bits per heavy atom. The summed E-state index contributed by atoms with van der Waals surface area (Å²) in [5, 5.41) is 18.1. The molecule has 0 saturated heterocycles. The SMILES string of the molecule is C.Cc1ccc2nc(C#N)ccc2c1C(F)(F)F.F[B-](F)(F)F.S=S=S=S=S=S=S=S=S=S=S=S=S.[3H+].[3H]c1c(C)ccc2nc(C#N)ccc12. The van der Waals surface area contributed by atoms with Gasteiger partial charge in [0.05, 0.1) is 18.0 Å². The molecule has 2 aromatic heterocycles. The van der Waals surface area contributed by atoms with Gasteiger partial charge in [-0.2, -0.15) is 23.7 Å². The third kappa shape index (κ3) is 21.0. The molecular formula is C24H20BF7N4S13. The number of halogens is 7. The van der Waals surface area contributed by atoms with Crippen LogP contribution in [0.2, 0.25) is 0 Å². The molecule has 266 valence electrons. The van der Waals surface area contributed by atoms with Crippen LogP contribution in [0.15, 0.2) is 54.6 Å². The van der Waals surface area contributed by atoms with Crippen molar-refractivity contribution in [2.75, 3.05) is 0 Å². The van der Waals surface area contributed by atoms with Crippen LogP contribution in [0.5, 0.6) is 0 Å². The lowest BCUT2D eigenvalue weighted by Gasteiger charge is -2.13. The van der Waals surface area contributed by atoms with E-state index in [1.54, 1.807) is 98.1 Å². The van der Waals surface area contributed by atoms with E-state index in [4.69, 9.17) is 34.3 Å². The van der Waals surface area contributed by atoms with E-state index >= 15 is 0 Å². The third-order valence-corrected chi connectivity index (χ3v) is 26.8. The van der Waals surface area contributed by atoms with Crippen LogP contribution in [-0.4, -0.2) is 17.2 Å². The Bertz CT molecular complexity index is 2350. The summed E-state index contributed by atoms with van der Waals surface area (Å²) < 4.78 is 85.4. The van der Waals surface area contributed by atoms with Gasteiger partial charge in [-0.1, -0.05) is 25.1 Å². The molecule has 0 aliphatic heterocycles.